The summed E-state index contributed by atoms with van der Waals surface area (Å²) in [6, 6.07) is 0. The second-order valence-electron chi connectivity index (χ2n) is 1.74. The molecule has 0 amide bonds. The molecule has 1 N–H and O–H groups in total. The lowest BCUT2D eigenvalue weighted by atomic mass is 10.6. The number of hydrogen-bond donors (Lipinski definition) is 1. The van der Waals surface area contributed by atoms with Crippen LogP contribution in [0.15, 0.2) is 30.0 Å². The largest absolute Gasteiger partial charge is 0.279 e. The molecule has 5 heteroatoms. The van der Waals surface area contributed by atoms with E-state index in [0.717, 1.165) is 5.75 Å². The van der Waals surface area contributed by atoms with E-state index in [0.29, 0.717) is 5.17 Å². The quantitative estimate of drug-likeness (QED) is 0.541. The van der Waals surface area contributed by atoms with Crippen LogP contribution in [0.25, 0.3) is 0 Å². The molecule has 0 bridgehead atoms. The van der Waals surface area contributed by atoms with Crippen molar-refractivity contribution in [3.05, 3.63) is 24.9 Å². The van der Waals surface area contributed by atoms with Crippen molar-refractivity contribution in [2.45, 2.75) is 0 Å². The van der Waals surface area contributed by atoms with Gasteiger partial charge in [0, 0.05) is 12.0 Å². The van der Waals surface area contributed by atoms with Crippen LogP contribution < -0.4 is 5.43 Å². The zero-order valence-corrected chi connectivity index (χ0v) is 7.40. The van der Waals surface area contributed by atoms with Crippen LogP contribution in [0, 0.1) is 0 Å². The molecule has 0 aliphatic carbocycles. The summed E-state index contributed by atoms with van der Waals surface area (Å²) in [5.41, 5.74) is 2.88. The molecule has 60 valence electrons. The Labute approximate surface area is 74.9 Å². The van der Waals surface area contributed by atoms with Gasteiger partial charge in [-0.05, 0) is 18.0 Å². The summed E-state index contributed by atoms with van der Waals surface area (Å²) in [4.78, 5) is 0. The van der Waals surface area contributed by atoms with Crippen molar-refractivity contribution >= 4 is 28.7 Å². The number of hydrazone groups is 1. The molecule has 0 aromatic carbocycles. The van der Waals surface area contributed by atoms with E-state index in [1.165, 1.54) is 11.9 Å². The highest BCUT2D eigenvalue weighted by atomic mass is 35.5. The van der Waals surface area contributed by atoms with Gasteiger partial charge in [-0.1, -0.05) is 17.7 Å². The average Bonchev–Trinajstić information content (AvgIpc) is 2.01. The summed E-state index contributed by atoms with van der Waals surface area (Å²) in [5, 5.41) is 4.42. The molecule has 0 aromatic rings. The van der Waals surface area contributed by atoms with Crippen LogP contribution >= 0.6 is 23.5 Å². The highest BCUT2D eigenvalue weighted by Gasteiger charge is 2.02. The molecule has 3 nitrogen and oxygen atoms in total. The highest BCUT2D eigenvalue weighted by Crippen LogP contribution is 2.10. The van der Waals surface area contributed by atoms with Crippen LogP contribution in [0.4, 0.5) is 0 Å². The second-order valence-corrected chi connectivity index (χ2v) is 3.07. The number of nitrogens with one attached hydrogen (secondary N) is 1. The van der Waals surface area contributed by atoms with Crippen LogP contribution in [0.5, 0.6) is 0 Å². The van der Waals surface area contributed by atoms with E-state index in [1.807, 2.05) is 0 Å². The third-order valence-electron chi connectivity index (χ3n) is 0.907. The lowest BCUT2D eigenvalue weighted by Gasteiger charge is -2.18. The molecule has 11 heavy (non-hydrogen) atoms. The van der Waals surface area contributed by atoms with Gasteiger partial charge in [0.15, 0.2) is 5.17 Å². The third kappa shape index (κ3) is 2.86. The minimum Gasteiger partial charge on any atom is -0.279 e. The molecule has 1 heterocycles. The van der Waals surface area contributed by atoms with Gasteiger partial charge in [-0.2, -0.15) is 0 Å². The van der Waals surface area contributed by atoms with Crippen LogP contribution in [0.1, 0.15) is 0 Å². The lowest BCUT2D eigenvalue weighted by Crippen LogP contribution is -2.26. The molecule has 1 aliphatic heterocycles. The standard InChI is InChI=1S/C6H8ClN3S/c1-2-5-11-10-8-4-3-6(7)9-10/h2-4,8H,1,5H2. The van der Waals surface area contributed by atoms with Crippen molar-refractivity contribution in [2.75, 3.05) is 5.75 Å². The van der Waals surface area contributed by atoms with E-state index >= 15 is 0 Å². The number of allylic oxidation sites excluding steroid dienone is 1. The van der Waals surface area contributed by atoms with Gasteiger partial charge in [0.05, 0.1) is 0 Å². The Morgan fingerprint density at radius 3 is 3.36 bits per heavy atom. The van der Waals surface area contributed by atoms with Crippen molar-refractivity contribution in [2.24, 2.45) is 5.10 Å². The smallest absolute Gasteiger partial charge is 0.153 e. The molecule has 0 radical (unpaired) electrons. The van der Waals surface area contributed by atoms with Gasteiger partial charge in [-0.15, -0.1) is 16.2 Å². The molecule has 1 aliphatic rings. The normalized spacial score (nSPS) is 15.7. The molecule has 0 aromatic heterocycles. The zero-order chi connectivity index (χ0) is 8.10. The monoisotopic (exact) mass is 189 g/mol. The van der Waals surface area contributed by atoms with Crippen LogP contribution in [-0.4, -0.2) is 15.4 Å². The Kier molecular flexibility index (Phi) is 3.32. The summed E-state index contributed by atoms with van der Waals surface area (Å²) in [6.07, 6.45) is 5.21. The first kappa shape index (κ1) is 8.49. The predicted octanol–water partition coefficient (Wildman–Crippen LogP) is 1.71. The molecule has 0 unspecified atom stereocenters. The molecule has 0 spiro atoms. The van der Waals surface area contributed by atoms with E-state index in [4.69, 9.17) is 11.6 Å². The average molecular weight is 190 g/mol. The summed E-state index contributed by atoms with van der Waals surface area (Å²) < 4.78 is 1.59. The molecule has 0 saturated heterocycles. The molecule has 0 saturated carbocycles. The van der Waals surface area contributed by atoms with Gasteiger partial charge in [0.1, 0.15) is 0 Å². The SMILES string of the molecule is C=CCSN1N=C(Cl)C=CN1. The maximum Gasteiger partial charge on any atom is 0.153 e. The lowest BCUT2D eigenvalue weighted by molar-refractivity contribution is 0.431. The van der Waals surface area contributed by atoms with Gasteiger partial charge in [-0.25, -0.2) is 0 Å². The Morgan fingerprint density at radius 2 is 2.73 bits per heavy atom. The number of nitrogens with zero attached hydrogens (tertiary/aromatic N) is 2. The minimum absolute atomic E-state index is 0.473. The predicted molar refractivity (Wildman–Crippen MR) is 50.1 cm³/mol. The van der Waals surface area contributed by atoms with E-state index in [-0.39, 0.29) is 0 Å². The fourth-order valence-electron chi connectivity index (χ4n) is 0.508. The molecule has 1 rings (SSSR count). The van der Waals surface area contributed by atoms with Crippen LogP contribution in [0.3, 0.4) is 0 Å². The van der Waals surface area contributed by atoms with Gasteiger partial charge >= 0.3 is 0 Å². The summed E-state index contributed by atoms with van der Waals surface area (Å²) in [6.45, 7) is 3.59. The first-order valence-electron chi connectivity index (χ1n) is 3.03. The number of rotatable bonds is 3. The number of halogens is 1. The molecular weight excluding hydrogens is 182 g/mol. The number of hydrogen-bond acceptors (Lipinski definition) is 4. The Morgan fingerprint density at radius 1 is 1.91 bits per heavy atom. The fourth-order valence-corrected chi connectivity index (χ4v) is 1.22. The van der Waals surface area contributed by atoms with Gasteiger partial charge < -0.3 is 0 Å². The van der Waals surface area contributed by atoms with Gasteiger partial charge in [0.2, 0.25) is 0 Å². The molecule has 0 atom stereocenters. The van der Waals surface area contributed by atoms with Crippen molar-refractivity contribution in [3.63, 3.8) is 0 Å². The van der Waals surface area contributed by atoms with Crippen LogP contribution in [0.2, 0.25) is 0 Å². The summed E-state index contributed by atoms with van der Waals surface area (Å²) in [5.74, 6) is 0.800. The van der Waals surface area contributed by atoms with Crippen molar-refractivity contribution in [1.29, 1.82) is 0 Å². The highest BCUT2D eigenvalue weighted by molar-refractivity contribution is 7.97. The van der Waals surface area contributed by atoms with Crippen molar-refractivity contribution in [1.82, 2.24) is 9.95 Å². The second kappa shape index (κ2) is 4.31. The Bertz CT molecular complexity index is 202. The van der Waals surface area contributed by atoms with Gasteiger partial charge in [0.25, 0.3) is 0 Å². The molecule has 0 fully saturated rings. The minimum atomic E-state index is 0.473. The van der Waals surface area contributed by atoms with E-state index < -0.39 is 0 Å². The van der Waals surface area contributed by atoms with E-state index in [2.05, 4.69) is 17.1 Å². The van der Waals surface area contributed by atoms with Crippen molar-refractivity contribution < 1.29 is 0 Å². The van der Waals surface area contributed by atoms with Crippen LogP contribution in [-0.2, 0) is 0 Å². The number of hydrazine groups is 1. The molecular formula is C6H8ClN3S. The topological polar surface area (TPSA) is 27.6 Å². The third-order valence-corrected chi connectivity index (χ3v) is 1.92. The van der Waals surface area contributed by atoms with E-state index in [9.17, 15) is 0 Å². The summed E-state index contributed by atoms with van der Waals surface area (Å²) in [7, 11) is 0. The first-order chi connectivity index (χ1) is 5.33. The summed E-state index contributed by atoms with van der Waals surface area (Å²) >= 11 is 7.11. The zero-order valence-electron chi connectivity index (χ0n) is 5.83. The first-order valence-corrected chi connectivity index (χ1v) is 4.36. The fraction of sp³-hybridized carbons (Fsp3) is 0.167. The van der Waals surface area contributed by atoms with Crippen molar-refractivity contribution in [3.8, 4) is 0 Å². The van der Waals surface area contributed by atoms with E-state index in [1.54, 1.807) is 22.9 Å². The van der Waals surface area contributed by atoms with Gasteiger partial charge in [-0.3, -0.25) is 5.43 Å². The maximum absolute atomic E-state index is 5.63. The maximum atomic E-state index is 5.63. The Balaban J connectivity index is 2.37. The Hall–Kier alpha value is -0.610.